The van der Waals surface area contributed by atoms with Crippen molar-refractivity contribution in [2.24, 2.45) is 0 Å². The molecular weight excluding hydrogens is 372 g/mol. The van der Waals surface area contributed by atoms with Crippen LogP contribution in [0.4, 0.5) is 0 Å². The van der Waals surface area contributed by atoms with Crippen molar-refractivity contribution in [2.75, 3.05) is 7.11 Å². The van der Waals surface area contributed by atoms with E-state index in [2.05, 4.69) is 11.1 Å². The van der Waals surface area contributed by atoms with Crippen LogP contribution in [0.15, 0.2) is 69.2 Å². The molecule has 142 valence electrons. The van der Waals surface area contributed by atoms with E-state index in [9.17, 15) is 4.79 Å². The molecule has 0 atom stereocenters. The maximum atomic E-state index is 12.1. The Bertz CT molecular complexity index is 1210. The van der Waals surface area contributed by atoms with Crippen LogP contribution in [-0.2, 0) is 5.75 Å². The van der Waals surface area contributed by atoms with Crippen LogP contribution in [0, 0.1) is 13.8 Å². The van der Waals surface area contributed by atoms with Crippen LogP contribution in [0.1, 0.15) is 16.7 Å². The predicted octanol–water partition coefficient (Wildman–Crippen LogP) is 4.90. The van der Waals surface area contributed by atoms with Crippen LogP contribution in [0.3, 0.4) is 0 Å². The topological polar surface area (TPSA) is 57.3 Å². The van der Waals surface area contributed by atoms with E-state index in [-0.39, 0.29) is 5.63 Å². The Labute approximate surface area is 167 Å². The molecule has 0 amide bonds. The number of ether oxygens (including phenoxy) is 1. The molecule has 2 aromatic heterocycles. The number of nitrogens with zero attached hydrogens (tertiary/aromatic N) is 2. The first-order chi connectivity index (χ1) is 13.6. The third-order valence-electron chi connectivity index (χ3n) is 4.81. The number of thioether (sulfide) groups is 1. The summed E-state index contributed by atoms with van der Waals surface area (Å²) >= 11 is 1.58. The van der Waals surface area contributed by atoms with Crippen molar-refractivity contribution in [1.29, 1.82) is 0 Å². The molecular formula is C22H20N2O3S. The number of fused-ring (bicyclic) bond motifs is 1. The molecule has 5 nitrogen and oxygen atoms in total. The van der Waals surface area contributed by atoms with E-state index in [1.54, 1.807) is 31.1 Å². The van der Waals surface area contributed by atoms with Gasteiger partial charge in [0.25, 0.3) is 0 Å². The number of benzene rings is 2. The van der Waals surface area contributed by atoms with Crippen molar-refractivity contribution in [2.45, 2.75) is 24.8 Å². The van der Waals surface area contributed by atoms with Gasteiger partial charge in [-0.25, -0.2) is 9.78 Å². The number of hydrogen-bond donors (Lipinski definition) is 0. The Morgan fingerprint density at radius 1 is 1.18 bits per heavy atom. The number of methoxy groups -OCH3 is 1. The highest BCUT2D eigenvalue weighted by molar-refractivity contribution is 7.98. The third-order valence-corrected chi connectivity index (χ3v) is 5.83. The lowest BCUT2D eigenvalue weighted by molar-refractivity contribution is 0.414. The second-order valence-electron chi connectivity index (χ2n) is 6.54. The molecule has 0 saturated heterocycles. The summed E-state index contributed by atoms with van der Waals surface area (Å²) in [5.74, 6) is 1.41. The molecule has 28 heavy (non-hydrogen) atoms. The summed E-state index contributed by atoms with van der Waals surface area (Å²) < 4.78 is 12.8. The molecule has 2 heterocycles. The van der Waals surface area contributed by atoms with Gasteiger partial charge in [-0.3, -0.25) is 4.57 Å². The molecule has 2 aromatic carbocycles. The average molecular weight is 392 g/mol. The van der Waals surface area contributed by atoms with Crippen LogP contribution in [0.2, 0.25) is 0 Å². The van der Waals surface area contributed by atoms with Crippen LogP contribution < -0.4 is 10.4 Å². The minimum absolute atomic E-state index is 0.326. The zero-order valence-corrected chi connectivity index (χ0v) is 16.7. The Balaban J connectivity index is 1.67. The van der Waals surface area contributed by atoms with E-state index in [4.69, 9.17) is 9.15 Å². The van der Waals surface area contributed by atoms with Gasteiger partial charge in [-0.2, -0.15) is 0 Å². The zero-order chi connectivity index (χ0) is 19.7. The van der Waals surface area contributed by atoms with Gasteiger partial charge in [-0.1, -0.05) is 30.0 Å². The first-order valence-electron chi connectivity index (χ1n) is 8.90. The Kier molecular flexibility index (Phi) is 4.96. The van der Waals surface area contributed by atoms with Crippen molar-refractivity contribution in [3.05, 3.63) is 82.0 Å². The largest absolute Gasteiger partial charge is 0.497 e. The first-order valence-corrected chi connectivity index (χ1v) is 9.89. The van der Waals surface area contributed by atoms with Gasteiger partial charge in [0.1, 0.15) is 11.3 Å². The van der Waals surface area contributed by atoms with Gasteiger partial charge in [0.15, 0.2) is 5.16 Å². The first kappa shape index (κ1) is 18.4. The van der Waals surface area contributed by atoms with Gasteiger partial charge in [0.05, 0.1) is 12.8 Å². The molecule has 0 aliphatic heterocycles. The van der Waals surface area contributed by atoms with Gasteiger partial charge in [0, 0.05) is 35.7 Å². The van der Waals surface area contributed by atoms with E-state index in [1.807, 2.05) is 54.9 Å². The molecule has 0 N–H and O–H groups in total. The minimum Gasteiger partial charge on any atom is -0.497 e. The van der Waals surface area contributed by atoms with Gasteiger partial charge in [-0.05, 0) is 42.7 Å². The Morgan fingerprint density at radius 2 is 2.04 bits per heavy atom. The molecule has 4 rings (SSSR count). The van der Waals surface area contributed by atoms with E-state index >= 15 is 0 Å². The van der Waals surface area contributed by atoms with Crippen molar-refractivity contribution in [3.8, 4) is 11.4 Å². The molecule has 0 aliphatic carbocycles. The average Bonchev–Trinajstić information content (AvgIpc) is 3.18. The predicted molar refractivity (Wildman–Crippen MR) is 112 cm³/mol. The molecule has 0 unspecified atom stereocenters. The highest BCUT2D eigenvalue weighted by Crippen LogP contribution is 2.29. The van der Waals surface area contributed by atoms with E-state index in [0.717, 1.165) is 38.7 Å². The fraction of sp³-hybridized carbons (Fsp3) is 0.182. The maximum Gasteiger partial charge on any atom is 0.336 e. The standard InChI is InChI=1S/C22H20N2O3S/c1-14-7-8-19-16(11-20(25)27-21(19)15(14)2)13-28-22-23-9-10-24(22)17-5-4-6-18(12-17)26-3/h4-12H,13H2,1-3H3. The third kappa shape index (κ3) is 3.43. The summed E-state index contributed by atoms with van der Waals surface area (Å²) in [4.78, 5) is 16.6. The van der Waals surface area contributed by atoms with E-state index in [1.165, 1.54) is 0 Å². The lowest BCUT2D eigenvalue weighted by Gasteiger charge is -2.11. The summed E-state index contributed by atoms with van der Waals surface area (Å²) in [5.41, 5.74) is 4.36. The fourth-order valence-electron chi connectivity index (χ4n) is 3.14. The number of aryl methyl sites for hydroxylation is 2. The molecule has 0 saturated carbocycles. The van der Waals surface area contributed by atoms with Gasteiger partial charge >= 0.3 is 5.63 Å². The molecule has 4 aromatic rings. The quantitative estimate of drug-likeness (QED) is 0.357. The van der Waals surface area contributed by atoms with Crippen LogP contribution >= 0.6 is 11.8 Å². The van der Waals surface area contributed by atoms with E-state index < -0.39 is 0 Å². The molecule has 0 fully saturated rings. The summed E-state index contributed by atoms with van der Waals surface area (Å²) in [6, 6.07) is 13.5. The number of rotatable bonds is 5. The van der Waals surface area contributed by atoms with Crippen LogP contribution in [0.5, 0.6) is 5.75 Å². The van der Waals surface area contributed by atoms with Gasteiger partial charge in [-0.15, -0.1) is 0 Å². The summed E-state index contributed by atoms with van der Waals surface area (Å²) in [5, 5.41) is 1.81. The molecule has 0 bridgehead atoms. The van der Waals surface area contributed by atoms with Gasteiger partial charge < -0.3 is 9.15 Å². The Morgan fingerprint density at radius 3 is 2.86 bits per heavy atom. The smallest absolute Gasteiger partial charge is 0.336 e. The molecule has 0 aliphatic rings. The van der Waals surface area contributed by atoms with Gasteiger partial charge in [0.2, 0.25) is 0 Å². The minimum atomic E-state index is -0.326. The lowest BCUT2D eigenvalue weighted by atomic mass is 10.0. The normalized spacial score (nSPS) is 11.1. The molecule has 0 radical (unpaired) electrons. The number of imidazole rings is 1. The molecule has 6 heteroatoms. The SMILES string of the molecule is COc1cccc(-n2ccnc2SCc2cc(=O)oc3c(C)c(C)ccc23)c1. The second-order valence-corrected chi connectivity index (χ2v) is 7.49. The zero-order valence-electron chi connectivity index (χ0n) is 15.9. The highest BCUT2D eigenvalue weighted by Gasteiger charge is 2.12. The number of hydrogen-bond acceptors (Lipinski definition) is 5. The lowest BCUT2D eigenvalue weighted by Crippen LogP contribution is -2.02. The highest BCUT2D eigenvalue weighted by atomic mass is 32.2. The van der Waals surface area contributed by atoms with E-state index in [0.29, 0.717) is 11.3 Å². The van der Waals surface area contributed by atoms with Crippen molar-refractivity contribution in [3.63, 3.8) is 0 Å². The summed E-state index contributed by atoms with van der Waals surface area (Å²) in [6.07, 6.45) is 3.69. The van der Waals surface area contributed by atoms with Crippen LogP contribution in [0.25, 0.3) is 16.7 Å². The van der Waals surface area contributed by atoms with Crippen molar-refractivity contribution < 1.29 is 9.15 Å². The monoisotopic (exact) mass is 392 g/mol. The fourth-order valence-corrected chi connectivity index (χ4v) is 4.10. The molecule has 0 spiro atoms. The van der Waals surface area contributed by atoms with Crippen LogP contribution in [-0.4, -0.2) is 16.7 Å². The van der Waals surface area contributed by atoms with Crippen molar-refractivity contribution in [1.82, 2.24) is 9.55 Å². The second kappa shape index (κ2) is 7.56. The summed E-state index contributed by atoms with van der Waals surface area (Å²) in [7, 11) is 1.65. The summed E-state index contributed by atoms with van der Waals surface area (Å²) in [6.45, 7) is 3.99. The number of aromatic nitrogens is 2. The Hall–Kier alpha value is -2.99. The maximum absolute atomic E-state index is 12.1. The van der Waals surface area contributed by atoms with Crippen molar-refractivity contribution >= 4 is 22.7 Å².